The molecule has 2 aromatic rings. The number of carbonyl (C=O) groups excluding carboxylic acids is 1. The molecule has 0 bridgehead atoms. The Kier molecular flexibility index (Phi) is 5.50. The summed E-state index contributed by atoms with van der Waals surface area (Å²) in [4.78, 5) is 14.4. The average molecular weight is 394 g/mol. The quantitative estimate of drug-likeness (QED) is 0.864. The number of nitrogens with zero attached hydrogens (tertiary/aromatic N) is 2. The van der Waals surface area contributed by atoms with Crippen molar-refractivity contribution < 1.29 is 13.2 Å². The van der Waals surface area contributed by atoms with Crippen LogP contribution < -0.4 is 9.62 Å². The Morgan fingerprint density at radius 2 is 1.81 bits per heavy atom. The smallest absolute Gasteiger partial charge is 0.264 e. The van der Waals surface area contributed by atoms with Crippen molar-refractivity contribution in [2.24, 2.45) is 0 Å². The highest BCUT2D eigenvalue weighted by molar-refractivity contribution is 7.92. The van der Waals surface area contributed by atoms with Crippen molar-refractivity contribution in [1.29, 1.82) is 0 Å². The molecule has 1 heterocycles. The lowest BCUT2D eigenvalue weighted by Crippen LogP contribution is -2.46. The number of hydrogen-bond donors (Lipinski definition) is 1. The van der Waals surface area contributed by atoms with Crippen LogP contribution in [0.1, 0.15) is 10.4 Å². The Morgan fingerprint density at radius 3 is 2.50 bits per heavy atom. The molecule has 138 valence electrons. The number of benzene rings is 2. The van der Waals surface area contributed by atoms with E-state index in [1.54, 1.807) is 41.3 Å². The molecule has 1 aliphatic heterocycles. The predicted octanol–water partition coefficient (Wildman–Crippen LogP) is 2.21. The summed E-state index contributed by atoms with van der Waals surface area (Å²) in [6, 6.07) is 12.8. The number of anilines is 1. The molecule has 6 nitrogen and oxygen atoms in total. The number of sulfonamides is 1. The highest BCUT2D eigenvalue weighted by Crippen LogP contribution is 2.25. The maximum absolute atomic E-state index is 12.9. The van der Waals surface area contributed by atoms with Crippen LogP contribution in [0.4, 0.5) is 5.69 Å². The fraction of sp³-hybridized carbons (Fsp3) is 0.278. The molecular formula is C18H20ClN3O3S. The van der Waals surface area contributed by atoms with Crippen molar-refractivity contribution >= 4 is 33.2 Å². The van der Waals surface area contributed by atoms with E-state index >= 15 is 0 Å². The van der Waals surface area contributed by atoms with Crippen molar-refractivity contribution in [2.75, 3.05) is 37.5 Å². The Balaban J connectivity index is 1.89. The predicted molar refractivity (Wildman–Crippen MR) is 102 cm³/mol. The first-order valence-electron chi connectivity index (χ1n) is 8.24. The molecule has 0 atom stereocenters. The van der Waals surface area contributed by atoms with Gasteiger partial charge in [0, 0.05) is 43.8 Å². The average Bonchev–Trinajstić information content (AvgIpc) is 2.67. The highest BCUT2D eigenvalue weighted by atomic mass is 35.5. The highest BCUT2D eigenvalue weighted by Gasteiger charge is 2.24. The van der Waals surface area contributed by atoms with E-state index in [1.165, 1.54) is 19.2 Å². The molecule has 1 N–H and O–H groups in total. The summed E-state index contributed by atoms with van der Waals surface area (Å²) >= 11 is 5.96. The van der Waals surface area contributed by atoms with E-state index in [-0.39, 0.29) is 10.8 Å². The summed E-state index contributed by atoms with van der Waals surface area (Å²) in [6.45, 7) is 2.69. The van der Waals surface area contributed by atoms with Crippen LogP contribution in [0.2, 0.25) is 5.02 Å². The molecule has 0 aliphatic carbocycles. The third-order valence-electron chi connectivity index (χ3n) is 4.32. The van der Waals surface area contributed by atoms with E-state index in [0.717, 1.165) is 17.4 Å². The van der Waals surface area contributed by atoms with Gasteiger partial charge < -0.3 is 10.2 Å². The fourth-order valence-electron chi connectivity index (χ4n) is 2.81. The van der Waals surface area contributed by atoms with Gasteiger partial charge in [-0.05, 0) is 36.4 Å². The van der Waals surface area contributed by atoms with Gasteiger partial charge in [-0.3, -0.25) is 9.10 Å². The minimum absolute atomic E-state index is 0.0703. The number of amides is 1. The van der Waals surface area contributed by atoms with Crippen LogP contribution in [0.25, 0.3) is 0 Å². The number of nitrogens with one attached hydrogen (secondary N) is 1. The van der Waals surface area contributed by atoms with Gasteiger partial charge >= 0.3 is 0 Å². The van der Waals surface area contributed by atoms with Crippen molar-refractivity contribution in [1.82, 2.24) is 10.2 Å². The van der Waals surface area contributed by atoms with Gasteiger partial charge in [-0.15, -0.1) is 0 Å². The SMILES string of the molecule is CN(c1cccc(Cl)c1)S(=O)(=O)c1cccc(C(=O)N2CCNCC2)c1. The number of carbonyl (C=O) groups is 1. The summed E-state index contributed by atoms with van der Waals surface area (Å²) in [5.74, 6) is -0.158. The molecule has 1 amide bonds. The second kappa shape index (κ2) is 7.65. The van der Waals surface area contributed by atoms with Crippen molar-refractivity contribution in [3.8, 4) is 0 Å². The first kappa shape index (κ1) is 18.7. The molecule has 8 heteroatoms. The van der Waals surface area contributed by atoms with E-state index in [0.29, 0.717) is 29.4 Å². The molecule has 2 aromatic carbocycles. The van der Waals surface area contributed by atoms with E-state index in [2.05, 4.69) is 5.32 Å². The van der Waals surface area contributed by atoms with Crippen LogP contribution in [0.3, 0.4) is 0 Å². The number of hydrogen-bond acceptors (Lipinski definition) is 4. The van der Waals surface area contributed by atoms with Gasteiger partial charge in [-0.1, -0.05) is 23.7 Å². The van der Waals surface area contributed by atoms with Crippen LogP contribution in [0.15, 0.2) is 53.4 Å². The topological polar surface area (TPSA) is 69.7 Å². The molecule has 1 fully saturated rings. The molecule has 0 saturated carbocycles. The molecule has 3 rings (SSSR count). The van der Waals surface area contributed by atoms with Gasteiger partial charge in [-0.2, -0.15) is 0 Å². The van der Waals surface area contributed by atoms with E-state index in [9.17, 15) is 13.2 Å². The number of piperazine rings is 1. The Hall–Kier alpha value is -2.09. The Labute approximate surface area is 158 Å². The van der Waals surface area contributed by atoms with Crippen LogP contribution in [0.5, 0.6) is 0 Å². The first-order chi connectivity index (χ1) is 12.4. The van der Waals surface area contributed by atoms with Crippen molar-refractivity contribution in [3.05, 3.63) is 59.1 Å². The van der Waals surface area contributed by atoms with Gasteiger partial charge in [-0.25, -0.2) is 8.42 Å². The monoisotopic (exact) mass is 393 g/mol. The van der Waals surface area contributed by atoms with Gasteiger partial charge in [0.2, 0.25) is 0 Å². The lowest BCUT2D eigenvalue weighted by atomic mass is 10.2. The molecule has 1 aliphatic rings. The zero-order valence-electron chi connectivity index (χ0n) is 14.4. The molecule has 0 spiro atoms. The zero-order valence-corrected chi connectivity index (χ0v) is 15.9. The molecule has 26 heavy (non-hydrogen) atoms. The van der Waals surface area contributed by atoms with Gasteiger partial charge in [0.25, 0.3) is 15.9 Å². The van der Waals surface area contributed by atoms with Crippen molar-refractivity contribution in [2.45, 2.75) is 4.90 Å². The first-order valence-corrected chi connectivity index (χ1v) is 10.1. The minimum atomic E-state index is -3.80. The summed E-state index contributed by atoms with van der Waals surface area (Å²) in [7, 11) is -2.34. The second-order valence-electron chi connectivity index (χ2n) is 6.02. The maximum atomic E-state index is 12.9. The van der Waals surface area contributed by atoms with E-state index in [1.807, 2.05) is 0 Å². The molecule has 0 radical (unpaired) electrons. The van der Waals surface area contributed by atoms with Crippen LogP contribution >= 0.6 is 11.6 Å². The fourth-order valence-corrected chi connectivity index (χ4v) is 4.23. The Bertz CT molecular complexity index is 911. The number of rotatable bonds is 4. The normalized spacial score (nSPS) is 14.9. The molecule has 0 unspecified atom stereocenters. The molecule has 1 saturated heterocycles. The summed E-state index contributed by atoms with van der Waals surface area (Å²) in [5.41, 5.74) is 0.823. The summed E-state index contributed by atoms with van der Waals surface area (Å²) < 4.78 is 27.0. The number of halogens is 1. The zero-order chi connectivity index (χ0) is 18.7. The van der Waals surface area contributed by atoms with E-state index in [4.69, 9.17) is 11.6 Å². The Morgan fingerprint density at radius 1 is 1.12 bits per heavy atom. The lowest BCUT2D eigenvalue weighted by Gasteiger charge is -2.27. The van der Waals surface area contributed by atoms with Gasteiger partial charge in [0.1, 0.15) is 0 Å². The minimum Gasteiger partial charge on any atom is -0.336 e. The summed E-state index contributed by atoms with van der Waals surface area (Å²) in [5, 5.41) is 3.64. The third kappa shape index (κ3) is 3.85. The molecular weight excluding hydrogens is 374 g/mol. The largest absolute Gasteiger partial charge is 0.336 e. The standard InChI is InChI=1S/C18H20ClN3O3S/c1-21(16-6-3-5-15(19)13-16)26(24,25)17-7-2-4-14(12-17)18(23)22-10-8-20-9-11-22/h2-7,12-13,20H,8-11H2,1H3. The molecule has 0 aromatic heterocycles. The maximum Gasteiger partial charge on any atom is 0.264 e. The van der Waals surface area contributed by atoms with Gasteiger partial charge in [0.15, 0.2) is 0 Å². The van der Waals surface area contributed by atoms with Crippen LogP contribution in [-0.4, -0.2) is 52.5 Å². The van der Waals surface area contributed by atoms with Crippen LogP contribution in [0, 0.1) is 0 Å². The van der Waals surface area contributed by atoms with E-state index < -0.39 is 10.0 Å². The third-order valence-corrected chi connectivity index (χ3v) is 6.33. The lowest BCUT2D eigenvalue weighted by molar-refractivity contribution is 0.0735. The van der Waals surface area contributed by atoms with Gasteiger partial charge in [0.05, 0.1) is 10.6 Å². The second-order valence-corrected chi connectivity index (χ2v) is 8.43. The van der Waals surface area contributed by atoms with Crippen LogP contribution in [-0.2, 0) is 10.0 Å². The summed E-state index contributed by atoms with van der Waals surface area (Å²) in [6.07, 6.45) is 0. The van der Waals surface area contributed by atoms with Crippen molar-refractivity contribution in [3.63, 3.8) is 0 Å².